The number of carbonyl (C=O) groups is 1. The van der Waals surface area contributed by atoms with E-state index in [2.05, 4.69) is 49.5 Å². The number of carboxylic acid groups (broad SMARTS) is 1. The molecule has 0 bridgehead atoms. The number of rotatable bonds is 12. The molecule has 0 radical (unpaired) electrons. The smallest absolute Gasteiger partial charge is 0.303 e. The van der Waals surface area contributed by atoms with Gasteiger partial charge in [0.15, 0.2) is 0 Å². The Morgan fingerprint density at radius 1 is 1.05 bits per heavy atom. The Morgan fingerprint density at radius 3 is 2.32 bits per heavy atom. The largest absolute Gasteiger partial charge is 0.481 e. The molecule has 0 amide bonds. The first-order valence-corrected chi connectivity index (χ1v) is 8.59. The highest BCUT2D eigenvalue weighted by Crippen LogP contribution is 2.40. The van der Waals surface area contributed by atoms with Crippen molar-refractivity contribution in [2.45, 2.75) is 64.7 Å². The summed E-state index contributed by atoms with van der Waals surface area (Å²) in [6.07, 6.45) is 24.8. The fourth-order valence-corrected chi connectivity index (χ4v) is 2.38. The zero-order valence-corrected chi connectivity index (χ0v) is 13.8. The highest BCUT2D eigenvalue weighted by molar-refractivity contribution is 5.68. The summed E-state index contributed by atoms with van der Waals surface area (Å²) in [4.78, 5) is 10.5. The van der Waals surface area contributed by atoms with Gasteiger partial charge in [-0.05, 0) is 44.4 Å². The van der Waals surface area contributed by atoms with Crippen molar-refractivity contribution in [1.29, 1.82) is 0 Å². The summed E-state index contributed by atoms with van der Waals surface area (Å²) >= 11 is 0. The van der Waals surface area contributed by atoms with Crippen molar-refractivity contribution in [3.63, 3.8) is 0 Å². The lowest BCUT2D eigenvalue weighted by Crippen LogP contribution is -1.94. The zero-order valence-electron chi connectivity index (χ0n) is 13.8. The molecule has 1 atom stereocenters. The molecule has 1 rings (SSSR count). The van der Waals surface area contributed by atoms with Crippen LogP contribution in [0, 0.1) is 5.92 Å². The SMILES string of the molecule is CCCCC/C=C/C/C=C/C/C=C/C/C=C1\CC1CC(=O)O. The quantitative estimate of drug-likeness (QED) is 0.364. The third-order valence-corrected chi connectivity index (χ3v) is 3.80. The first-order valence-electron chi connectivity index (χ1n) is 8.59. The summed E-state index contributed by atoms with van der Waals surface area (Å²) in [6.45, 7) is 2.23. The molecule has 0 aromatic rings. The van der Waals surface area contributed by atoms with Crippen molar-refractivity contribution in [3.05, 3.63) is 48.1 Å². The van der Waals surface area contributed by atoms with Crippen LogP contribution in [0.25, 0.3) is 0 Å². The van der Waals surface area contributed by atoms with E-state index in [0.29, 0.717) is 12.3 Å². The molecule has 0 aromatic carbocycles. The number of unbranched alkanes of at least 4 members (excludes halogenated alkanes) is 3. The number of aliphatic carboxylic acids is 1. The van der Waals surface area contributed by atoms with E-state index in [1.54, 1.807) is 0 Å². The molecule has 2 heteroatoms. The van der Waals surface area contributed by atoms with Crippen molar-refractivity contribution < 1.29 is 9.90 Å². The van der Waals surface area contributed by atoms with E-state index in [4.69, 9.17) is 5.11 Å². The van der Waals surface area contributed by atoms with Crippen LogP contribution in [0.1, 0.15) is 64.7 Å². The topological polar surface area (TPSA) is 37.3 Å². The Morgan fingerprint density at radius 2 is 1.68 bits per heavy atom. The maximum atomic E-state index is 10.5. The molecule has 0 aromatic heterocycles. The van der Waals surface area contributed by atoms with Crippen LogP contribution in [0.2, 0.25) is 0 Å². The maximum absolute atomic E-state index is 10.5. The van der Waals surface area contributed by atoms with E-state index in [-0.39, 0.29) is 0 Å². The minimum Gasteiger partial charge on any atom is -0.481 e. The van der Waals surface area contributed by atoms with Crippen molar-refractivity contribution >= 4 is 5.97 Å². The standard InChI is InChI=1S/C20H30O2/c1-2-3-4-5-6-7-8-9-10-11-12-13-14-15-18-16-19(18)17-20(21)22/h6-7,9-10,12-13,15,19H,2-5,8,11,14,16-17H2,1H3,(H,21,22)/b7-6+,10-9+,13-12+,18-15+. The molecule has 1 aliphatic rings. The molecule has 0 saturated heterocycles. The van der Waals surface area contributed by atoms with Crippen molar-refractivity contribution in [1.82, 2.24) is 0 Å². The number of carboxylic acids is 1. The summed E-state index contributed by atoms with van der Waals surface area (Å²) in [6, 6.07) is 0. The molecule has 0 spiro atoms. The Balaban J connectivity index is 1.97. The molecule has 1 aliphatic carbocycles. The first kappa shape index (κ1) is 18.5. The van der Waals surface area contributed by atoms with Gasteiger partial charge in [-0.3, -0.25) is 4.79 Å². The van der Waals surface area contributed by atoms with Crippen LogP contribution in [0.15, 0.2) is 48.1 Å². The third kappa shape index (κ3) is 10.2. The van der Waals surface area contributed by atoms with Crippen LogP contribution in [-0.4, -0.2) is 11.1 Å². The summed E-state index contributed by atoms with van der Waals surface area (Å²) in [7, 11) is 0. The van der Waals surface area contributed by atoms with E-state index in [1.165, 1.54) is 31.3 Å². The average molecular weight is 302 g/mol. The highest BCUT2D eigenvalue weighted by Gasteiger charge is 2.30. The minimum absolute atomic E-state index is 0.296. The Kier molecular flexibility index (Phi) is 10.1. The van der Waals surface area contributed by atoms with Gasteiger partial charge in [0, 0.05) is 0 Å². The van der Waals surface area contributed by atoms with E-state index in [0.717, 1.165) is 25.7 Å². The van der Waals surface area contributed by atoms with E-state index in [1.807, 2.05) is 0 Å². The highest BCUT2D eigenvalue weighted by atomic mass is 16.4. The summed E-state index contributed by atoms with van der Waals surface area (Å²) in [5, 5.41) is 8.67. The van der Waals surface area contributed by atoms with Gasteiger partial charge < -0.3 is 5.11 Å². The van der Waals surface area contributed by atoms with E-state index >= 15 is 0 Å². The van der Waals surface area contributed by atoms with Crippen molar-refractivity contribution in [2.24, 2.45) is 5.92 Å². The van der Waals surface area contributed by atoms with Crippen molar-refractivity contribution in [2.75, 3.05) is 0 Å². The second-order valence-electron chi connectivity index (χ2n) is 5.90. The van der Waals surface area contributed by atoms with Gasteiger partial charge in [0.05, 0.1) is 6.42 Å². The Bertz CT molecular complexity index is 427. The molecule has 22 heavy (non-hydrogen) atoms. The fourth-order valence-electron chi connectivity index (χ4n) is 2.38. The number of hydrogen-bond donors (Lipinski definition) is 1. The van der Waals surface area contributed by atoms with Crippen LogP contribution >= 0.6 is 0 Å². The van der Waals surface area contributed by atoms with Crippen molar-refractivity contribution in [3.8, 4) is 0 Å². The number of hydrogen-bond acceptors (Lipinski definition) is 1. The molecule has 2 nitrogen and oxygen atoms in total. The predicted molar refractivity (Wildman–Crippen MR) is 93.9 cm³/mol. The second-order valence-corrected chi connectivity index (χ2v) is 5.90. The monoisotopic (exact) mass is 302 g/mol. The van der Waals surface area contributed by atoms with Gasteiger partial charge in [0.25, 0.3) is 0 Å². The molecule has 1 unspecified atom stereocenters. The molecular weight excluding hydrogens is 272 g/mol. The van der Waals surface area contributed by atoms with E-state index < -0.39 is 5.97 Å². The zero-order chi connectivity index (χ0) is 16.0. The minimum atomic E-state index is -0.687. The Labute approximate surface area is 135 Å². The van der Waals surface area contributed by atoms with Gasteiger partial charge in [-0.15, -0.1) is 0 Å². The molecular formula is C20H30O2. The van der Waals surface area contributed by atoms with Gasteiger partial charge >= 0.3 is 5.97 Å². The van der Waals surface area contributed by atoms with Crippen LogP contribution in [-0.2, 0) is 4.79 Å². The Hall–Kier alpha value is -1.57. The average Bonchev–Trinajstić information content (AvgIpc) is 3.21. The summed E-state index contributed by atoms with van der Waals surface area (Å²) in [5.74, 6) is -0.372. The maximum Gasteiger partial charge on any atom is 0.303 e. The van der Waals surface area contributed by atoms with Crippen LogP contribution < -0.4 is 0 Å². The van der Waals surface area contributed by atoms with Gasteiger partial charge in [-0.1, -0.05) is 67.9 Å². The summed E-state index contributed by atoms with van der Waals surface area (Å²) in [5.41, 5.74) is 1.32. The third-order valence-electron chi connectivity index (χ3n) is 3.80. The van der Waals surface area contributed by atoms with Crippen LogP contribution in [0.5, 0.6) is 0 Å². The fraction of sp³-hybridized carbons (Fsp3) is 0.550. The van der Waals surface area contributed by atoms with Gasteiger partial charge in [0.1, 0.15) is 0 Å². The van der Waals surface area contributed by atoms with E-state index in [9.17, 15) is 4.79 Å². The molecule has 1 saturated carbocycles. The molecule has 0 heterocycles. The van der Waals surface area contributed by atoms with Crippen LogP contribution in [0.3, 0.4) is 0 Å². The van der Waals surface area contributed by atoms with Gasteiger partial charge in [0.2, 0.25) is 0 Å². The van der Waals surface area contributed by atoms with Crippen LogP contribution in [0.4, 0.5) is 0 Å². The lowest BCUT2D eigenvalue weighted by molar-refractivity contribution is -0.137. The predicted octanol–water partition coefficient (Wildman–Crippen LogP) is 5.83. The molecule has 122 valence electrons. The lowest BCUT2D eigenvalue weighted by atomic mass is 10.2. The first-order chi connectivity index (χ1) is 10.7. The normalized spacial score (nSPS) is 19.9. The lowest BCUT2D eigenvalue weighted by Gasteiger charge is -1.90. The molecule has 1 N–H and O–H groups in total. The second kappa shape index (κ2) is 12.0. The molecule has 1 fully saturated rings. The molecule has 0 aliphatic heterocycles. The summed E-state index contributed by atoms with van der Waals surface area (Å²) < 4.78 is 0. The van der Waals surface area contributed by atoms with Gasteiger partial charge in [-0.2, -0.15) is 0 Å². The number of allylic oxidation sites excluding steroid dienone is 8. The van der Waals surface area contributed by atoms with Gasteiger partial charge in [-0.25, -0.2) is 0 Å².